The zero-order valence-corrected chi connectivity index (χ0v) is 31.8. The highest BCUT2D eigenvalue weighted by molar-refractivity contribution is 6.58. The number of carbonyl (C=O) groups excluding carboxylic acids is 4. The third-order valence-electron chi connectivity index (χ3n) is 11.6. The first kappa shape index (κ1) is 39.4. The monoisotopic (exact) mass is 834 g/mol. The lowest BCUT2D eigenvalue weighted by molar-refractivity contribution is -0.139. The largest absolute Gasteiger partial charge is 0.504 e. The number of halogens is 5. The van der Waals surface area contributed by atoms with Crippen molar-refractivity contribution in [2.75, 3.05) is 16.9 Å². The van der Waals surface area contributed by atoms with Crippen molar-refractivity contribution in [1.29, 1.82) is 0 Å². The molecule has 3 fully saturated rings. The predicted molar refractivity (Wildman–Crippen MR) is 205 cm³/mol. The Balaban J connectivity index is 1.31. The van der Waals surface area contributed by atoms with Crippen LogP contribution in [0, 0.1) is 23.7 Å². The second-order valence-electron chi connectivity index (χ2n) is 14.6. The van der Waals surface area contributed by atoms with Crippen molar-refractivity contribution in [2.24, 2.45) is 23.7 Å². The van der Waals surface area contributed by atoms with Crippen LogP contribution in [0.2, 0.25) is 10.0 Å². The van der Waals surface area contributed by atoms with Gasteiger partial charge in [0.15, 0.2) is 17.3 Å². The van der Waals surface area contributed by atoms with Gasteiger partial charge in [-0.25, -0.2) is 4.98 Å². The Labute approximate surface area is 338 Å². The Morgan fingerprint density at radius 3 is 2.38 bits per heavy atom. The van der Waals surface area contributed by atoms with Crippen molar-refractivity contribution in [3.05, 3.63) is 117 Å². The predicted octanol–water partition coefficient (Wildman–Crippen LogP) is 5.38. The SMILES string of the molecule is CCOc1cc([C@H]2C3=CC[C@@H]4C(=O)N(c5cccc(B(O)O)c5)C(=O)[C@@H]4[C@@H]3C[C@H]3C(=O)N(Nc4ncc(C(F)(F)F)cc4Cl)C(=O)[C@@]23c2ccc(Cl)cc2)ccc1O. The second-order valence-corrected chi connectivity index (χ2v) is 15.4. The molecule has 2 saturated heterocycles. The van der Waals surface area contributed by atoms with E-state index in [1.807, 2.05) is 6.08 Å². The summed E-state index contributed by atoms with van der Waals surface area (Å²) in [5, 5.41) is 30.9. The van der Waals surface area contributed by atoms with Crippen LogP contribution in [-0.2, 0) is 30.8 Å². The smallest absolute Gasteiger partial charge is 0.488 e. The van der Waals surface area contributed by atoms with Crippen LogP contribution in [0.4, 0.5) is 24.7 Å². The van der Waals surface area contributed by atoms with Crippen LogP contribution >= 0.6 is 23.2 Å². The number of aromatic nitrogens is 1. The fourth-order valence-electron chi connectivity index (χ4n) is 9.22. The number of benzene rings is 3. The molecule has 2 aliphatic heterocycles. The Hall–Kier alpha value is -5.42. The molecule has 18 heteroatoms. The summed E-state index contributed by atoms with van der Waals surface area (Å²) >= 11 is 12.6. The molecule has 58 heavy (non-hydrogen) atoms. The van der Waals surface area contributed by atoms with Crippen molar-refractivity contribution in [1.82, 2.24) is 9.99 Å². The number of phenolic OH excluding ortho intramolecular Hbond substituents is 1. The number of nitrogens with zero attached hydrogens (tertiary/aromatic N) is 3. The number of hydrogen-bond donors (Lipinski definition) is 4. The summed E-state index contributed by atoms with van der Waals surface area (Å²) < 4.78 is 46.3. The molecule has 4 aromatic rings. The van der Waals surface area contributed by atoms with Gasteiger partial charge in [-0.2, -0.15) is 18.2 Å². The van der Waals surface area contributed by atoms with Crippen molar-refractivity contribution in [2.45, 2.75) is 37.3 Å². The normalized spacial score (nSPS) is 25.3. The first-order chi connectivity index (χ1) is 27.6. The number of phenols is 1. The molecule has 4 aliphatic rings. The summed E-state index contributed by atoms with van der Waals surface area (Å²) in [7, 11) is -1.87. The molecule has 0 bridgehead atoms. The van der Waals surface area contributed by atoms with Gasteiger partial charge in [0, 0.05) is 17.1 Å². The molecular formula is C40H32BCl2F3N4O8. The Bertz CT molecular complexity index is 2420. The molecule has 0 unspecified atom stereocenters. The van der Waals surface area contributed by atoms with Gasteiger partial charge in [-0.1, -0.05) is 65.2 Å². The number of carbonyl (C=O) groups is 4. The van der Waals surface area contributed by atoms with Crippen LogP contribution in [0.15, 0.2) is 90.6 Å². The maximum Gasteiger partial charge on any atom is 0.488 e. The van der Waals surface area contributed by atoms with E-state index in [-0.39, 0.29) is 42.1 Å². The van der Waals surface area contributed by atoms with Gasteiger partial charge in [0.2, 0.25) is 11.8 Å². The number of hydrogen-bond acceptors (Lipinski definition) is 10. The number of amides is 4. The fourth-order valence-corrected chi connectivity index (χ4v) is 9.55. The third kappa shape index (κ3) is 6.12. The van der Waals surface area contributed by atoms with Gasteiger partial charge in [0.25, 0.3) is 11.8 Å². The molecule has 1 aromatic heterocycles. The van der Waals surface area contributed by atoms with Crippen molar-refractivity contribution in [3.63, 3.8) is 0 Å². The Kier molecular flexibility index (Phi) is 9.82. The average molecular weight is 835 g/mol. The molecule has 0 spiro atoms. The molecule has 12 nitrogen and oxygen atoms in total. The average Bonchev–Trinajstić information content (AvgIpc) is 3.57. The van der Waals surface area contributed by atoms with Gasteiger partial charge in [0.05, 0.1) is 46.0 Å². The maximum absolute atomic E-state index is 15.4. The first-order valence-electron chi connectivity index (χ1n) is 18.2. The van der Waals surface area contributed by atoms with E-state index < -0.39 is 88.3 Å². The quantitative estimate of drug-likeness (QED) is 0.103. The molecule has 8 rings (SSSR count). The maximum atomic E-state index is 15.4. The number of rotatable bonds is 8. The molecular weight excluding hydrogens is 803 g/mol. The van der Waals surface area contributed by atoms with Gasteiger partial charge in [-0.05, 0) is 84.7 Å². The van der Waals surface area contributed by atoms with E-state index in [4.69, 9.17) is 27.9 Å². The summed E-state index contributed by atoms with van der Waals surface area (Å²) in [6, 6.07) is 17.2. The van der Waals surface area contributed by atoms with E-state index in [2.05, 4.69) is 10.4 Å². The second kappa shape index (κ2) is 14.4. The van der Waals surface area contributed by atoms with Gasteiger partial charge in [0.1, 0.15) is 0 Å². The van der Waals surface area contributed by atoms with Crippen LogP contribution in [0.3, 0.4) is 0 Å². The standard InChI is InChI=1S/C40H32BCl2F3N4O8/c1-2-58-31-14-19(6-13-30(31)51)33-25-11-12-26-32(37(54)49(35(26)52)24-5-3-4-22(16-24)41(56)57)27(25)17-28-36(53)50(38(55)39(28,33)20-7-9-23(42)10-8-20)48-34-29(43)15-21(18-47-34)40(44,45)46/h3-11,13-16,18,26-28,32-33,51,56-57H,2,12,17H2,1H3,(H,47,48)/t26-,27+,28-,32-,33-,39+/m0/s1. The van der Waals surface area contributed by atoms with Crippen LogP contribution in [0.25, 0.3) is 0 Å². The molecule has 298 valence electrons. The molecule has 1 saturated carbocycles. The molecule has 2 aliphatic carbocycles. The number of allylic oxidation sites excluding steroid dienone is 2. The number of imide groups is 2. The summed E-state index contributed by atoms with van der Waals surface area (Å²) in [6.45, 7) is 1.88. The molecule has 6 atom stereocenters. The van der Waals surface area contributed by atoms with E-state index in [0.29, 0.717) is 39.0 Å². The zero-order valence-electron chi connectivity index (χ0n) is 30.3. The summed E-state index contributed by atoms with van der Waals surface area (Å²) in [6.07, 6.45) is -2.51. The zero-order chi connectivity index (χ0) is 41.4. The lowest BCUT2D eigenvalue weighted by atomic mass is 9.49. The summed E-state index contributed by atoms with van der Waals surface area (Å²) in [5.74, 6) is -8.25. The minimum absolute atomic E-state index is 0.0555. The van der Waals surface area contributed by atoms with Gasteiger partial charge >= 0.3 is 13.3 Å². The Morgan fingerprint density at radius 2 is 1.71 bits per heavy atom. The topological polar surface area (TPSA) is 170 Å². The molecule has 4 amide bonds. The van der Waals surface area contributed by atoms with Crippen LogP contribution < -0.4 is 20.5 Å². The van der Waals surface area contributed by atoms with Crippen molar-refractivity contribution >= 4 is 70.9 Å². The van der Waals surface area contributed by atoms with Gasteiger partial charge in [-0.3, -0.25) is 29.5 Å². The van der Waals surface area contributed by atoms with E-state index in [1.54, 1.807) is 43.3 Å². The minimum atomic E-state index is -4.78. The lowest BCUT2D eigenvalue weighted by Gasteiger charge is -2.50. The molecule has 3 aromatic carbocycles. The molecule has 3 heterocycles. The Morgan fingerprint density at radius 1 is 0.966 bits per heavy atom. The van der Waals surface area contributed by atoms with Crippen LogP contribution in [-0.4, -0.2) is 62.5 Å². The summed E-state index contributed by atoms with van der Waals surface area (Å²) in [5.41, 5.74) is 1.15. The fraction of sp³-hybridized carbons (Fsp3) is 0.275. The highest BCUT2D eigenvalue weighted by atomic mass is 35.5. The van der Waals surface area contributed by atoms with E-state index in [0.717, 1.165) is 4.90 Å². The summed E-state index contributed by atoms with van der Waals surface area (Å²) in [4.78, 5) is 63.8. The van der Waals surface area contributed by atoms with Crippen molar-refractivity contribution in [3.8, 4) is 11.5 Å². The van der Waals surface area contributed by atoms with Crippen LogP contribution in [0.1, 0.15) is 42.4 Å². The number of alkyl halides is 3. The molecule has 4 N–H and O–H groups in total. The van der Waals surface area contributed by atoms with E-state index in [1.165, 1.54) is 30.3 Å². The van der Waals surface area contributed by atoms with E-state index in [9.17, 15) is 42.7 Å². The number of aromatic hydroxyl groups is 1. The number of fused-ring (bicyclic) bond motifs is 4. The third-order valence-corrected chi connectivity index (χ3v) is 12.1. The number of ether oxygens (including phenoxy) is 1. The van der Waals surface area contributed by atoms with Crippen LogP contribution in [0.5, 0.6) is 11.5 Å². The highest BCUT2D eigenvalue weighted by Gasteiger charge is 2.70. The van der Waals surface area contributed by atoms with Gasteiger partial charge in [-0.15, -0.1) is 0 Å². The minimum Gasteiger partial charge on any atom is -0.504 e. The van der Waals surface area contributed by atoms with E-state index >= 15 is 4.79 Å². The van der Waals surface area contributed by atoms with Gasteiger partial charge < -0.3 is 19.9 Å². The number of nitrogens with one attached hydrogen (secondary N) is 1. The number of anilines is 2. The highest BCUT2D eigenvalue weighted by Crippen LogP contribution is 2.64. The lowest BCUT2D eigenvalue weighted by Crippen LogP contribution is -2.53. The first-order valence-corrected chi connectivity index (χ1v) is 19.0. The number of pyridine rings is 1. The molecule has 0 radical (unpaired) electrons. The van der Waals surface area contributed by atoms with Crippen molar-refractivity contribution < 1.29 is 52.2 Å². The number of hydrazine groups is 1.